The van der Waals surface area contributed by atoms with Crippen LogP contribution in [-0.4, -0.2) is 62.3 Å². The van der Waals surface area contributed by atoms with Gasteiger partial charge in [-0.1, -0.05) is 13.8 Å². The number of ketones is 1. The summed E-state index contributed by atoms with van der Waals surface area (Å²) in [6.45, 7) is 9.02. The lowest BCUT2D eigenvalue weighted by molar-refractivity contribution is -0.157. The van der Waals surface area contributed by atoms with Gasteiger partial charge in [0, 0.05) is 31.7 Å². The molecule has 0 saturated carbocycles. The zero-order valence-electron chi connectivity index (χ0n) is 23.1. The molecule has 1 heterocycles. The van der Waals surface area contributed by atoms with Gasteiger partial charge in [0.05, 0.1) is 30.2 Å². The number of ether oxygens (including phenoxy) is 2. The van der Waals surface area contributed by atoms with Crippen LogP contribution in [0.5, 0.6) is 0 Å². The fourth-order valence-electron chi connectivity index (χ4n) is 3.47. The van der Waals surface area contributed by atoms with Crippen molar-refractivity contribution in [2.75, 3.05) is 24.7 Å². The molecule has 0 aliphatic heterocycles. The highest BCUT2D eigenvalue weighted by molar-refractivity contribution is 7.92. The minimum Gasteiger partial charge on any atom is -0.460 e. The number of nitrogens with zero attached hydrogens (tertiary/aromatic N) is 3. The second-order valence-electron chi connectivity index (χ2n) is 10.2. The summed E-state index contributed by atoms with van der Waals surface area (Å²) in [5.74, 6) is -1.44. The van der Waals surface area contributed by atoms with Gasteiger partial charge in [0.25, 0.3) is 0 Å². The number of allylic oxidation sites excluding steroid dienone is 1. The predicted octanol–water partition coefficient (Wildman–Crippen LogP) is 4.52. The number of aromatic nitrogens is 2. The Morgan fingerprint density at radius 3 is 2.21 bits per heavy atom. The van der Waals surface area contributed by atoms with Crippen LogP contribution in [0.4, 0.5) is 10.3 Å². The Morgan fingerprint density at radius 2 is 1.71 bits per heavy atom. The molecule has 0 radical (unpaired) electrons. The third-order valence-corrected chi connectivity index (χ3v) is 6.58. The van der Waals surface area contributed by atoms with E-state index < -0.39 is 33.5 Å². The molecule has 0 amide bonds. The molecule has 0 aliphatic carbocycles. The SMILES string of the molecule is CO[C@H](CC(=O)/C=C/c1c(-c2ccc(F)cc2)nc(N(C)S(C)(=O)=O)nc1C(C)C)CC(=O)OC(C)(C)C. The predicted molar refractivity (Wildman–Crippen MR) is 145 cm³/mol. The lowest BCUT2D eigenvalue weighted by Crippen LogP contribution is -2.28. The summed E-state index contributed by atoms with van der Waals surface area (Å²) in [5, 5.41) is 0. The topological polar surface area (TPSA) is 116 Å². The van der Waals surface area contributed by atoms with Crippen molar-refractivity contribution < 1.29 is 31.9 Å². The molecule has 11 heteroatoms. The maximum atomic E-state index is 13.6. The van der Waals surface area contributed by atoms with Crippen LogP contribution in [0.1, 0.15) is 64.6 Å². The van der Waals surface area contributed by atoms with Gasteiger partial charge in [-0.2, -0.15) is 0 Å². The van der Waals surface area contributed by atoms with Gasteiger partial charge in [0.1, 0.15) is 11.4 Å². The number of hydrogen-bond acceptors (Lipinski definition) is 8. The monoisotopic (exact) mass is 549 g/mol. The van der Waals surface area contributed by atoms with Gasteiger partial charge in [0.2, 0.25) is 16.0 Å². The standard InChI is InChI=1S/C27H36FN3O6S/c1-17(2)24-22(14-13-20(32)15-21(36-7)16-23(33)37-27(3,4)5)25(18-9-11-19(28)12-10-18)30-26(29-24)31(6)38(8,34)35/h9-14,17,21H,15-16H2,1-8H3/b14-13+/t21-/m1/s1. The minimum absolute atomic E-state index is 0.0455. The summed E-state index contributed by atoms with van der Waals surface area (Å²) in [6.07, 6.45) is 3.12. The fraction of sp³-hybridized carbons (Fsp3) is 0.481. The molecule has 0 bridgehead atoms. The molecular weight excluding hydrogens is 513 g/mol. The smallest absolute Gasteiger partial charge is 0.308 e. The lowest BCUT2D eigenvalue weighted by Gasteiger charge is -2.21. The molecule has 0 aliphatic rings. The van der Waals surface area contributed by atoms with E-state index >= 15 is 0 Å². The molecule has 1 aromatic carbocycles. The molecule has 38 heavy (non-hydrogen) atoms. The zero-order chi connectivity index (χ0) is 28.8. The van der Waals surface area contributed by atoms with E-state index in [2.05, 4.69) is 9.97 Å². The number of anilines is 1. The summed E-state index contributed by atoms with van der Waals surface area (Å²) < 4.78 is 49.6. The third-order valence-electron chi connectivity index (χ3n) is 5.42. The van der Waals surface area contributed by atoms with E-state index in [0.29, 0.717) is 22.5 Å². The van der Waals surface area contributed by atoms with Gasteiger partial charge < -0.3 is 9.47 Å². The first-order chi connectivity index (χ1) is 17.5. The van der Waals surface area contributed by atoms with Crippen molar-refractivity contribution in [2.45, 2.75) is 65.1 Å². The molecular formula is C27H36FN3O6S. The Balaban J connectivity index is 2.49. The molecule has 0 fully saturated rings. The van der Waals surface area contributed by atoms with Crippen molar-refractivity contribution in [2.24, 2.45) is 0 Å². The van der Waals surface area contributed by atoms with Gasteiger partial charge in [-0.25, -0.2) is 27.1 Å². The van der Waals surface area contributed by atoms with Crippen molar-refractivity contribution in [3.8, 4) is 11.3 Å². The number of hydrogen-bond donors (Lipinski definition) is 0. The first-order valence-electron chi connectivity index (χ1n) is 12.1. The van der Waals surface area contributed by atoms with Gasteiger partial charge in [-0.15, -0.1) is 0 Å². The van der Waals surface area contributed by atoms with E-state index in [1.165, 1.54) is 44.5 Å². The Bertz CT molecular complexity index is 1290. The van der Waals surface area contributed by atoms with Gasteiger partial charge in [-0.05, 0) is 63.1 Å². The molecule has 9 nitrogen and oxygen atoms in total. The minimum atomic E-state index is -3.66. The molecule has 0 spiro atoms. The van der Waals surface area contributed by atoms with Gasteiger partial charge >= 0.3 is 5.97 Å². The van der Waals surface area contributed by atoms with Crippen LogP contribution in [0.25, 0.3) is 17.3 Å². The normalized spacial score (nSPS) is 13.1. The lowest BCUT2D eigenvalue weighted by atomic mass is 9.97. The number of esters is 1. The van der Waals surface area contributed by atoms with E-state index in [1.54, 1.807) is 26.8 Å². The van der Waals surface area contributed by atoms with Crippen molar-refractivity contribution in [1.29, 1.82) is 0 Å². The fourth-order valence-corrected chi connectivity index (χ4v) is 3.85. The molecule has 0 unspecified atom stereocenters. The second-order valence-corrected chi connectivity index (χ2v) is 12.2. The van der Waals surface area contributed by atoms with Crippen LogP contribution in [0.15, 0.2) is 30.3 Å². The van der Waals surface area contributed by atoms with Gasteiger partial charge in [0.15, 0.2) is 5.78 Å². The first kappa shape index (κ1) is 31.0. The van der Waals surface area contributed by atoms with Crippen molar-refractivity contribution in [1.82, 2.24) is 9.97 Å². The van der Waals surface area contributed by atoms with E-state index in [1.807, 2.05) is 13.8 Å². The Labute approximate surface area is 224 Å². The van der Waals surface area contributed by atoms with Gasteiger partial charge in [-0.3, -0.25) is 9.59 Å². The number of halogens is 1. The zero-order valence-corrected chi connectivity index (χ0v) is 23.9. The average molecular weight is 550 g/mol. The maximum Gasteiger partial charge on any atom is 0.308 e. The summed E-state index contributed by atoms with van der Waals surface area (Å²) in [5.41, 5.74) is 1.21. The van der Waals surface area contributed by atoms with Crippen LogP contribution < -0.4 is 4.31 Å². The van der Waals surface area contributed by atoms with Crippen LogP contribution in [0.2, 0.25) is 0 Å². The van der Waals surface area contributed by atoms with Crippen LogP contribution >= 0.6 is 0 Å². The van der Waals surface area contributed by atoms with E-state index in [-0.39, 0.29) is 30.5 Å². The highest BCUT2D eigenvalue weighted by Gasteiger charge is 2.24. The number of carbonyl (C=O) groups excluding carboxylic acids is 2. The molecule has 1 aromatic heterocycles. The first-order valence-corrected chi connectivity index (χ1v) is 13.9. The summed E-state index contributed by atoms with van der Waals surface area (Å²) in [4.78, 5) is 34.0. The van der Waals surface area contributed by atoms with Crippen molar-refractivity contribution in [3.05, 3.63) is 47.4 Å². The number of methoxy groups -OCH3 is 1. The number of rotatable bonds is 11. The molecule has 0 saturated heterocycles. The molecule has 2 aromatic rings. The van der Waals surface area contributed by atoms with E-state index in [4.69, 9.17) is 9.47 Å². The van der Waals surface area contributed by atoms with Crippen molar-refractivity contribution >= 4 is 33.8 Å². The second kappa shape index (κ2) is 12.6. The highest BCUT2D eigenvalue weighted by Crippen LogP contribution is 2.31. The summed E-state index contributed by atoms with van der Waals surface area (Å²) in [6, 6.07) is 5.58. The Morgan fingerprint density at radius 1 is 1.11 bits per heavy atom. The maximum absolute atomic E-state index is 13.6. The quantitative estimate of drug-likeness (QED) is 0.297. The molecule has 1 atom stereocenters. The van der Waals surface area contributed by atoms with Crippen LogP contribution in [0, 0.1) is 5.82 Å². The summed E-state index contributed by atoms with van der Waals surface area (Å²) >= 11 is 0. The van der Waals surface area contributed by atoms with Crippen LogP contribution in [-0.2, 0) is 29.1 Å². The average Bonchev–Trinajstić information content (AvgIpc) is 2.80. The summed E-state index contributed by atoms with van der Waals surface area (Å²) in [7, 11) is -0.894. The number of sulfonamides is 1. The highest BCUT2D eigenvalue weighted by atomic mass is 32.2. The molecule has 208 valence electrons. The Kier molecular flexibility index (Phi) is 10.3. The van der Waals surface area contributed by atoms with Crippen molar-refractivity contribution in [3.63, 3.8) is 0 Å². The third kappa shape index (κ3) is 8.98. The van der Waals surface area contributed by atoms with E-state index in [9.17, 15) is 22.4 Å². The number of carbonyl (C=O) groups is 2. The largest absolute Gasteiger partial charge is 0.460 e. The van der Waals surface area contributed by atoms with Crippen LogP contribution in [0.3, 0.4) is 0 Å². The molecule has 2 rings (SSSR count). The molecule has 0 N–H and O–H groups in total. The Hall–Kier alpha value is -3.18. The number of benzene rings is 1. The van der Waals surface area contributed by atoms with E-state index in [0.717, 1.165) is 10.6 Å².